The van der Waals surface area contributed by atoms with Crippen LogP contribution < -0.4 is 0 Å². The van der Waals surface area contributed by atoms with Crippen LogP contribution in [0.1, 0.15) is 32.5 Å². The third-order valence-corrected chi connectivity index (χ3v) is 4.49. The van der Waals surface area contributed by atoms with Gasteiger partial charge in [0, 0.05) is 24.9 Å². The number of hydrogen-bond donors (Lipinski definition) is 1. The van der Waals surface area contributed by atoms with Gasteiger partial charge >= 0.3 is 0 Å². The quantitative estimate of drug-likeness (QED) is 0.850. The molecule has 2 atom stereocenters. The van der Waals surface area contributed by atoms with Gasteiger partial charge in [-0.3, -0.25) is 4.68 Å². The molecule has 6 heteroatoms. The van der Waals surface area contributed by atoms with Crippen LogP contribution in [-0.4, -0.2) is 40.9 Å². The molecule has 0 amide bonds. The SMILES string of the molecule is CC(C)n1ccc(CC(O)C(C)S(C)(=O)=O)n1. The Labute approximate surface area is 102 Å². The van der Waals surface area contributed by atoms with Crippen molar-refractivity contribution in [3.63, 3.8) is 0 Å². The summed E-state index contributed by atoms with van der Waals surface area (Å²) >= 11 is 0. The van der Waals surface area contributed by atoms with Crippen molar-refractivity contribution in [1.29, 1.82) is 0 Å². The molecule has 0 aromatic carbocycles. The van der Waals surface area contributed by atoms with Gasteiger partial charge in [0.25, 0.3) is 0 Å². The topological polar surface area (TPSA) is 72.2 Å². The molecule has 0 spiro atoms. The third kappa shape index (κ3) is 3.81. The predicted molar refractivity (Wildman–Crippen MR) is 66.6 cm³/mol. The Balaban J connectivity index is 2.71. The normalized spacial score (nSPS) is 16.1. The van der Waals surface area contributed by atoms with Crippen LogP contribution in [-0.2, 0) is 16.3 Å². The second kappa shape index (κ2) is 5.18. The maximum atomic E-state index is 11.3. The smallest absolute Gasteiger partial charge is 0.152 e. The second-order valence-electron chi connectivity index (χ2n) is 4.69. The molecule has 1 rings (SSSR count). The first-order valence-electron chi connectivity index (χ1n) is 5.62. The average molecular weight is 260 g/mol. The zero-order valence-corrected chi connectivity index (χ0v) is 11.5. The summed E-state index contributed by atoms with van der Waals surface area (Å²) in [6.45, 7) is 5.53. The van der Waals surface area contributed by atoms with Gasteiger partial charge in [-0.2, -0.15) is 5.10 Å². The molecule has 0 aliphatic carbocycles. The molecule has 1 N–H and O–H groups in total. The average Bonchev–Trinajstić information content (AvgIpc) is 2.63. The molecule has 2 unspecified atom stereocenters. The fraction of sp³-hybridized carbons (Fsp3) is 0.727. The molecule has 5 nitrogen and oxygen atoms in total. The van der Waals surface area contributed by atoms with E-state index in [1.807, 2.05) is 20.0 Å². The highest BCUT2D eigenvalue weighted by molar-refractivity contribution is 7.91. The van der Waals surface area contributed by atoms with Crippen molar-refractivity contribution in [2.75, 3.05) is 6.26 Å². The van der Waals surface area contributed by atoms with Crippen molar-refractivity contribution in [2.45, 2.75) is 44.6 Å². The van der Waals surface area contributed by atoms with Crippen molar-refractivity contribution in [1.82, 2.24) is 9.78 Å². The van der Waals surface area contributed by atoms with Gasteiger partial charge in [-0.15, -0.1) is 0 Å². The standard InChI is InChI=1S/C11H20N2O3S/c1-8(2)13-6-5-10(12-13)7-11(14)9(3)17(4,15)16/h5-6,8-9,11,14H,7H2,1-4H3. The molecule has 98 valence electrons. The Morgan fingerprint density at radius 1 is 1.41 bits per heavy atom. The van der Waals surface area contributed by atoms with Gasteiger partial charge in [0.1, 0.15) is 0 Å². The minimum Gasteiger partial charge on any atom is -0.391 e. The molecular weight excluding hydrogens is 240 g/mol. The molecule has 1 aromatic heterocycles. The van der Waals surface area contributed by atoms with Crippen LogP contribution in [0, 0.1) is 0 Å². The number of aliphatic hydroxyl groups excluding tert-OH is 1. The van der Waals surface area contributed by atoms with Crippen molar-refractivity contribution in [3.05, 3.63) is 18.0 Å². The lowest BCUT2D eigenvalue weighted by Gasteiger charge is -2.15. The lowest BCUT2D eigenvalue weighted by molar-refractivity contribution is 0.171. The molecule has 0 aliphatic heterocycles. The van der Waals surface area contributed by atoms with Gasteiger partial charge in [0.2, 0.25) is 0 Å². The van der Waals surface area contributed by atoms with Gasteiger partial charge in [-0.25, -0.2) is 8.42 Å². The van der Waals surface area contributed by atoms with Crippen LogP contribution in [0.4, 0.5) is 0 Å². The number of nitrogens with zero attached hydrogens (tertiary/aromatic N) is 2. The fourth-order valence-electron chi connectivity index (χ4n) is 1.44. The summed E-state index contributed by atoms with van der Waals surface area (Å²) in [5.74, 6) is 0. The molecule has 17 heavy (non-hydrogen) atoms. The van der Waals surface area contributed by atoms with Crippen LogP contribution in [0.15, 0.2) is 12.3 Å². The summed E-state index contributed by atoms with van der Waals surface area (Å²) in [4.78, 5) is 0. The molecule has 0 bridgehead atoms. The zero-order valence-electron chi connectivity index (χ0n) is 10.7. The first-order valence-corrected chi connectivity index (χ1v) is 7.58. The lowest BCUT2D eigenvalue weighted by Crippen LogP contribution is -2.32. The van der Waals surface area contributed by atoms with Crippen molar-refractivity contribution in [2.24, 2.45) is 0 Å². The Hall–Kier alpha value is -0.880. The summed E-state index contributed by atoms with van der Waals surface area (Å²) < 4.78 is 24.4. The summed E-state index contributed by atoms with van der Waals surface area (Å²) in [6.07, 6.45) is 2.31. The number of aromatic nitrogens is 2. The summed E-state index contributed by atoms with van der Waals surface area (Å²) in [5, 5.41) is 13.3. The molecular formula is C11H20N2O3S. The Bertz CT molecular complexity index is 465. The first kappa shape index (κ1) is 14.2. The van der Waals surface area contributed by atoms with E-state index in [4.69, 9.17) is 0 Å². The summed E-state index contributed by atoms with van der Waals surface area (Å²) in [7, 11) is -3.22. The Kier molecular flexibility index (Phi) is 4.32. The molecule has 0 aliphatic rings. The highest BCUT2D eigenvalue weighted by atomic mass is 32.2. The highest BCUT2D eigenvalue weighted by Gasteiger charge is 2.24. The second-order valence-corrected chi connectivity index (χ2v) is 7.09. The summed E-state index contributed by atoms with van der Waals surface area (Å²) in [5.41, 5.74) is 0.710. The largest absolute Gasteiger partial charge is 0.391 e. The van der Waals surface area contributed by atoms with Crippen LogP contribution in [0.3, 0.4) is 0 Å². The van der Waals surface area contributed by atoms with Crippen molar-refractivity contribution >= 4 is 9.84 Å². The van der Waals surface area contributed by atoms with Crippen molar-refractivity contribution in [3.8, 4) is 0 Å². The number of rotatable bonds is 5. The van der Waals surface area contributed by atoms with Gasteiger partial charge < -0.3 is 5.11 Å². The molecule has 1 heterocycles. The van der Waals surface area contributed by atoms with E-state index in [0.29, 0.717) is 5.69 Å². The van der Waals surface area contributed by atoms with E-state index in [0.717, 1.165) is 6.26 Å². The molecule has 0 fully saturated rings. The van der Waals surface area contributed by atoms with E-state index >= 15 is 0 Å². The van der Waals surface area contributed by atoms with Gasteiger partial charge in [0.05, 0.1) is 17.0 Å². The molecule has 0 saturated carbocycles. The van der Waals surface area contributed by atoms with E-state index in [2.05, 4.69) is 5.10 Å². The minimum absolute atomic E-state index is 0.258. The van der Waals surface area contributed by atoms with Gasteiger partial charge in [-0.1, -0.05) is 0 Å². The molecule has 0 radical (unpaired) electrons. The lowest BCUT2D eigenvalue weighted by atomic mass is 10.1. The van der Waals surface area contributed by atoms with E-state index in [1.165, 1.54) is 6.92 Å². The van der Waals surface area contributed by atoms with Crippen LogP contribution >= 0.6 is 0 Å². The first-order chi connectivity index (χ1) is 7.71. The Morgan fingerprint density at radius 3 is 2.41 bits per heavy atom. The fourth-order valence-corrected chi connectivity index (χ4v) is 2.11. The Morgan fingerprint density at radius 2 is 2.00 bits per heavy atom. The van der Waals surface area contributed by atoms with E-state index in [9.17, 15) is 13.5 Å². The minimum atomic E-state index is -3.22. The van der Waals surface area contributed by atoms with E-state index < -0.39 is 21.2 Å². The summed E-state index contributed by atoms with van der Waals surface area (Å²) in [6, 6.07) is 2.06. The third-order valence-electron chi connectivity index (χ3n) is 2.83. The maximum absolute atomic E-state index is 11.3. The number of hydrogen-bond acceptors (Lipinski definition) is 4. The van der Waals surface area contributed by atoms with E-state index in [-0.39, 0.29) is 12.5 Å². The molecule has 0 saturated heterocycles. The van der Waals surface area contributed by atoms with Crippen LogP contribution in [0.5, 0.6) is 0 Å². The monoisotopic (exact) mass is 260 g/mol. The number of sulfone groups is 1. The maximum Gasteiger partial charge on any atom is 0.152 e. The highest BCUT2D eigenvalue weighted by Crippen LogP contribution is 2.11. The van der Waals surface area contributed by atoms with E-state index in [1.54, 1.807) is 10.7 Å². The zero-order chi connectivity index (χ0) is 13.2. The van der Waals surface area contributed by atoms with Gasteiger partial charge in [0.15, 0.2) is 9.84 Å². The number of aliphatic hydroxyl groups is 1. The van der Waals surface area contributed by atoms with Crippen LogP contribution in [0.2, 0.25) is 0 Å². The predicted octanol–water partition coefficient (Wildman–Crippen LogP) is 0.800. The van der Waals surface area contributed by atoms with Crippen LogP contribution in [0.25, 0.3) is 0 Å². The van der Waals surface area contributed by atoms with Crippen molar-refractivity contribution < 1.29 is 13.5 Å². The van der Waals surface area contributed by atoms with Gasteiger partial charge in [-0.05, 0) is 26.8 Å². The molecule has 1 aromatic rings.